The van der Waals surface area contributed by atoms with Gasteiger partial charge in [-0.2, -0.15) is 0 Å². The summed E-state index contributed by atoms with van der Waals surface area (Å²) in [5.74, 6) is -0.000229. The molecule has 3 nitrogen and oxygen atoms in total. The van der Waals surface area contributed by atoms with Crippen LogP contribution >= 0.6 is 11.8 Å². The Morgan fingerprint density at radius 3 is 2.76 bits per heavy atom. The fourth-order valence-corrected chi connectivity index (χ4v) is 2.06. The number of amides is 1. The first-order valence-corrected chi connectivity index (χ1v) is 6.78. The topological polar surface area (TPSA) is 41.1 Å². The SMILES string of the molecule is CSc1cccc(NC(=O)C(C)=C2CNC2)c1. The predicted molar refractivity (Wildman–Crippen MR) is 72.4 cm³/mol. The van der Waals surface area contributed by atoms with Gasteiger partial charge in [0, 0.05) is 29.2 Å². The van der Waals surface area contributed by atoms with E-state index >= 15 is 0 Å². The van der Waals surface area contributed by atoms with Gasteiger partial charge in [-0.3, -0.25) is 4.79 Å². The number of nitrogens with one attached hydrogen (secondary N) is 2. The largest absolute Gasteiger partial charge is 0.322 e. The highest BCUT2D eigenvalue weighted by Crippen LogP contribution is 2.20. The van der Waals surface area contributed by atoms with Crippen LogP contribution in [0, 0.1) is 0 Å². The minimum atomic E-state index is -0.000229. The molecule has 0 atom stereocenters. The van der Waals surface area contributed by atoms with E-state index in [9.17, 15) is 4.79 Å². The molecule has 0 aromatic heterocycles. The zero-order chi connectivity index (χ0) is 12.3. The highest BCUT2D eigenvalue weighted by molar-refractivity contribution is 7.98. The zero-order valence-corrected chi connectivity index (χ0v) is 10.9. The first-order chi connectivity index (χ1) is 8.20. The van der Waals surface area contributed by atoms with Crippen molar-refractivity contribution in [1.29, 1.82) is 0 Å². The van der Waals surface area contributed by atoms with Gasteiger partial charge in [0.1, 0.15) is 0 Å². The van der Waals surface area contributed by atoms with Crippen molar-refractivity contribution >= 4 is 23.4 Å². The van der Waals surface area contributed by atoms with Gasteiger partial charge in [-0.25, -0.2) is 0 Å². The third kappa shape index (κ3) is 2.90. The van der Waals surface area contributed by atoms with Gasteiger partial charge in [-0.15, -0.1) is 11.8 Å². The van der Waals surface area contributed by atoms with E-state index in [2.05, 4.69) is 10.6 Å². The van der Waals surface area contributed by atoms with Crippen LogP contribution in [-0.2, 0) is 4.79 Å². The number of benzene rings is 1. The maximum absolute atomic E-state index is 11.9. The molecule has 1 aromatic rings. The fraction of sp³-hybridized carbons (Fsp3) is 0.308. The van der Waals surface area contributed by atoms with E-state index in [0.29, 0.717) is 0 Å². The molecule has 1 saturated heterocycles. The van der Waals surface area contributed by atoms with Crippen LogP contribution in [-0.4, -0.2) is 25.3 Å². The summed E-state index contributed by atoms with van der Waals surface area (Å²) in [6.07, 6.45) is 2.02. The number of anilines is 1. The van der Waals surface area contributed by atoms with E-state index in [0.717, 1.165) is 29.2 Å². The second-order valence-corrected chi connectivity index (χ2v) is 4.90. The van der Waals surface area contributed by atoms with Gasteiger partial charge in [0.2, 0.25) is 0 Å². The summed E-state index contributed by atoms with van der Waals surface area (Å²) in [4.78, 5) is 13.1. The highest BCUT2D eigenvalue weighted by Gasteiger charge is 2.15. The van der Waals surface area contributed by atoms with Crippen molar-refractivity contribution < 1.29 is 4.79 Å². The molecule has 0 radical (unpaired) electrons. The van der Waals surface area contributed by atoms with Gasteiger partial charge in [0.15, 0.2) is 0 Å². The number of hydrogen-bond donors (Lipinski definition) is 2. The summed E-state index contributed by atoms with van der Waals surface area (Å²) in [6, 6.07) is 7.88. The highest BCUT2D eigenvalue weighted by atomic mass is 32.2. The van der Waals surface area contributed by atoms with E-state index in [4.69, 9.17) is 0 Å². The quantitative estimate of drug-likeness (QED) is 0.637. The zero-order valence-electron chi connectivity index (χ0n) is 10.0. The van der Waals surface area contributed by atoms with Gasteiger partial charge < -0.3 is 10.6 Å². The fourth-order valence-electron chi connectivity index (χ4n) is 1.60. The van der Waals surface area contributed by atoms with Crippen LogP contribution in [0.4, 0.5) is 5.69 Å². The maximum atomic E-state index is 11.9. The Hall–Kier alpha value is -1.26. The second kappa shape index (κ2) is 5.38. The molecule has 2 rings (SSSR count). The van der Waals surface area contributed by atoms with Crippen molar-refractivity contribution in [2.45, 2.75) is 11.8 Å². The van der Waals surface area contributed by atoms with Gasteiger partial charge in [0.25, 0.3) is 5.91 Å². The Morgan fingerprint density at radius 1 is 1.41 bits per heavy atom. The average molecular weight is 248 g/mol. The average Bonchev–Trinajstić information content (AvgIpc) is 2.27. The van der Waals surface area contributed by atoms with Gasteiger partial charge >= 0.3 is 0 Å². The lowest BCUT2D eigenvalue weighted by Crippen LogP contribution is -2.36. The van der Waals surface area contributed by atoms with Gasteiger partial charge in [0.05, 0.1) is 0 Å². The third-order valence-electron chi connectivity index (χ3n) is 2.88. The van der Waals surface area contributed by atoms with Gasteiger partial charge in [-0.1, -0.05) is 6.07 Å². The van der Waals surface area contributed by atoms with E-state index in [1.54, 1.807) is 11.8 Å². The minimum absolute atomic E-state index is 0.000229. The summed E-state index contributed by atoms with van der Waals surface area (Å²) in [5.41, 5.74) is 2.89. The Balaban J connectivity index is 2.07. The van der Waals surface area contributed by atoms with Crippen LogP contribution < -0.4 is 10.6 Å². The van der Waals surface area contributed by atoms with Crippen LogP contribution in [0.3, 0.4) is 0 Å². The molecule has 0 unspecified atom stereocenters. The molecule has 0 bridgehead atoms. The van der Waals surface area contributed by atoms with Crippen molar-refractivity contribution in [3.8, 4) is 0 Å². The molecule has 1 fully saturated rings. The summed E-state index contributed by atoms with van der Waals surface area (Å²) in [6.45, 7) is 3.55. The normalized spacial score (nSPS) is 14.1. The Bertz CT molecular complexity index is 462. The number of carbonyl (C=O) groups excluding carboxylic acids is 1. The third-order valence-corrected chi connectivity index (χ3v) is 3.60. The molecule has 0 spiro atoms. The molecule has 1 amide bonds. The Morgan fingerprint density at radius 2 is 2.18 bits per heavy atom. The molecule has 0 aliphatic carbocycles. The molecule has 1 aliphatic rings. The molecule has 1 heterocycles. The summed E-state index contributed by atoms with van der Waals surface area (Å²) >= 11 is 1.67. The molecule has 90 valence electrons. The van der Waals surface area contributed by atoms with Crippen LogP contribution in [0.5, 0.6) is 0 Å². The van der Waals surface area contributed by atoms with Gasteiger partial charge in [-0.05, 0) is 37.0 Å². The minimum Gasteiger partial charge on any atom is -0.322 e. The van der Waals surface area contributed by atoms with E-state index < -0.39 is 0 Å². The van der Waals surface area contributed by atoms with Crippen LogP contribution in [0.25, 0.3) is 0 Å². The molecular formula is C13H16N2OS. The summed E-state index contributed by atoms with van der Waals surface area (Å²) < 4.78 is 0. The van der Waals surface area contributed by atoms with Crippen molar-refractivity contribution in [1.82, 2.24) is 5.32 Å². The lowest BCUT2D eigenvalue weighted by atomic mass is 10.0. The summed E-state index contributed by atoms with van der Waals surface area (Å²) in [5, 5.41) is 6.07. The first kappa shape index (κ1) is 12.2. The van der Waals surface area contributed by atoms with Crippen molar-refractivity contribution in [2.24, 2.45) is 0 Å². The molecule has 1 aromatic carbocycles. The smallest absolute Gasteiger partial charge is 0.251 e. The van der Waals surface area contributed by atoms with E-state index in [-0.39, 0.29) is 5.91 Å². The first-order valence-electron chi connectivity index (χ1n) is 5.55. The lowest BCUT2D eigenvalue weighted by molar-refractivity contribution is -0.112. The number of hydrogen-bond acceptors (Lipinski definition) is 3. The monoisotopic (exact) mass is 248 g/mol. The molecule has 2 N–H and O–H groups in total. The maximum Gasteiger partial charge on any atom is 0.251 e. The van der Waals surface area contributed by atoms with Crippen molar-refractivity contribution in [3.63, 3.8) is 0 Å². The van der Waals surface area contributed by atoms with Crippen LogP contribution in [0.1, 0.15) is 6.92 Å². The number of thioether (sulfide) groups is 1. The van der Waals surface area contributed by atoms with Crippen LogP contribution in [0.2, 0.25) is 0 Å². The Kier molecular flexibility index (Phi) is 3.86. The van der Waals surface area contributed by atoms with E-state index in [1.165, 1.54) is 5.57 Å². The lowest BCUT2D eigenvalue weighted by Gasteiger charge is -2.21. The molecule has 0 saturated carbocycles. The van der Waals surface area contributed by atoms with Crippen molar-refractivity contribution in [2.75, 3.05) is 24.7 Å². The standard InChI is InChI=1S/C13H16N2OS/c1-9(10-7-14-8-10)13(16)15-11-4-3-5-12(6-11)17-2/h3-6,14H,7-8H2,1-2H3,(H,15,16). The predicted octanol–water partition coefficient (Wildman–Crippen LogP) is 2.27. The summed E-state index contributed by atoms with van der Waals surface area (Å²) in [7, 11) is 0. The van der Waals surface area contributed by atoms with E-state index in [1.807, 2.05) is 37.4 Å². The molecule has 17 heavy (non-hydrogen) atoms. The molecular weight excluding hydrogens is 232 g/mol. The van der Waals surface area contributed by atoms with Crippen molar-refractivity contribution in [3.05, 3.63) is 35.4 Å². The number of rotatable bonds is 3. The van der Waals surface area contributed by atoms with Crippen LogP contribution in [0.15, 0.2) is 40.3 Å². The second-order valence-electron chi connectivity index (χ2n) is 4.02. The molecule has 4 heteroatoms. The molecule has 1 aliphatic heterocycles. The number of carbonyl (C=O) groups is 1. The Labute approximate surface area is 106 Å².